The molecule has 0 aliphatic carbocycles. The van der Waals surface area contributed by atoms with Gasteiger partial charge in [0.25, 0.3) is 0 Å². The fourth-order valence-corrected chi connectivity index (χ4v) is 2.22. The van der Waals surface area contributed by atoms with E-state index in [1.807, 2.05) is 12.1 Å². The molecule has 0 atom stereocenters. The summed E-state index contributed by atoms with van der Waals surface area (Å²) in [5.41, 5.74) is 8.09. The molecule has 16 heavy (non-hydrogen) atoms. The average Bonchev–Trinajstić information content (AvgIpc) is 2.24. The molecule has 1 aromatic carbocycles. The minimum atomic E-state index is 0.313. The maximum absolute atomic E-state index is 5.80. The van der Waals surface area contributed by atoms with Gasteiger partial charge in [0.2, 0.25) is 0 Å². The van der Waals surface area contributed by atoms with Crippen molar-refractivity contribution in [1.82, 2.24) is 4.98 Å². The quantitative estimate of drug-likeness (QED) is 0.783. The molecule has 0 bridgehead atoms. The van der Waals surface area contributed by atoms with Crippen LogP contribution in [-0.2, 0) is 0 Å². The molecule has 2 N–H and O–H groups in total. The third kappa shape index (κ3) is 1.44. The summed E-state index contributed by atoms with van der Waals surface area (Å²) in [6.07, 6.45) is 0. The Morgan fingerprint density at radius 3 is 2.81 bits per heavy atom. The molecule has 2 aromatic rings. The molecule has 0 spiro atoms. The van der Waals surface area contributed by atoms with Crippen molar-refractivity contribution in [1.29, 1.82) is 0 Å². The van der Waals surface area contributed by atoms with Gasteiger partial charge in [-0.25, -0.2) is 4.98 Å². The van der Waals surface area contributed by atoms with Crippen molar-refractivity contribution >= 4 is 16.7 Å². The Kier molecular flexibility index (Phi) is 2.07. The van der Waals surface area contributed by atoms with Crippen LogP contribution in [0.15, 0.2) is 30.3 Å². The minimum absolute atomic E-state index is 0.313. The van der Waals surface area contributed by atoms with E-state index >= 15 is 0 Å². The monoisotopic (exact) mass is 213 g/mol. The first kappa shape index (κ1) is 9.60. The van der Waals surface area contributed by atoms with Crippen LogP contribution in [0.25, 0.3) is 10.9 Å². The maximum atomic E-state index is 5.80. The molecular formula is C13H15N3. The van der Waals surface area contributed by atoms with Gasteiger partial charge in [-0.15, -0.1) is 0 Å². The van der Waals surface area contributed by atoms with E-state index in [9.17, 15) is 0 Å². The number of benzene rings is 1. The zero-order valence-electron chi connectivity index (χ0n) is 9.35. The van der Waals surface area contributed by atoms with E-state index in [1.165, 1.54) is 10.9 Å². The number of nitrogens with two attached hydrogens (primary N) is 1. The summed E-state index contributed by atoms with van der Waals surface area (Å²) in [6.45, 7) is 3.96. The Labute approximate surface area is 94.9 Å². The lowest BCUT2D eigenvalue weighted by molar-refractivity contribution is 0.514. The largest absolute Gasteiger partial charge is 0.353 e. The highest BCUT2D eigenvalue weighted by atomic mass is 15.3. The van der Waals surface area contributed by atoms with E-state index in [-0.39, 0.29) is 0 Å². The summed E-state index contributed by atoms with van der Waals surface area (Å²) in [4.78, 5) is 6.94. The Bertz CT molecular complexity index is 530. The second-order valence-electron chi connectivity index (χ2n) is 4.49. The topological polar surface area (TPSA) is 42.2 Å². The van der Waals surface area contributed by atoms with Crippen molar-refractivity contribution < 1.29 is 0 Å². The molecule has 1 fully saturated rings. The van der Waals surface area contributed by atoms with Gasteiger partial charge in [0.1, 0.15) is 5.82 Å². The lowest BCUT2D eigenvalue weighted by atomic mass is 10.1. The van der Waals surface area contributed by atoms with Crippen molar-refractivity contribution in [3.8, 4) is 0 Å². The molecule has 0 radical (unpaired) electrons. The van der Waals surface area contributed by atoms with Crippen LogP contribution in [0.5, 0.6) is 0 Å². The molecule has 1 saturated heterocycles. The van der Waals surface area contributed by atoms with Crippen LogP contribution >= 0.6 is 0 Å². The molecule has 3 nitrogen and oxygen atoms in total. The van der Waals surface area contributed by atoms with Gasteiger partial charge in [-0.2, -0.15) is 0 Å². The summed E-state index contributed by atoms with van der Waals surface area (Å²) >= 11 is 0. The van der Waals surface area contributed by atoms with Gasteiger partial charge >= 0.3 is 0 Å². The summed E-state index contributed by atoms with van der Waals surface area (Å²) in [7, 11) is 0. The van der Waals surface area contributed by atoms with Crippen LogP contribution in [0, 0.1) is 6.92 Å². The van der Waals surface area contributed by atoms with Gasteiger partial charge in [0, 0.05) is 24.5 Å². The highest BCUT2D eigenvalue weighted by molar-refractivity contribution is 5.81. The lowest BCUT2D eigenvalue weighted by Gasteiger charge is -2.38. The van der Waals surface area contributed by atoms with Crippen molar-refractivity contribution in [2.75, 3.05) is 18.0 Å². The standard InChI is InChI=1S/C13H15N3/c1-9-6-10-4-2-3-5-12(10)15-13(9)16-7-11(14)8-16/h2-6,11H,7-8,14H2,1H3. The predicted octanol–water partition coefficient (Wildman–Crippen LogP) is 1.69. The number of anilines is 1. The van der Waals surface area contributed by atoms with Crippen LogP contribution < -0.4 is 10.6 Å². The molecule has 1 aliphatic heterocycles. The molecule has 3 rings (SSSR count). The molecule has 3 heteroatoms. The number of para-hydroxylation sites is 1. The number of nitrogens with zero attached hydrogens (tertiary/aromatic N) is 2. The normalized spacial score (nSPS) is 16.5. The number of hydrogen-bond donors (Lipinski definition) is 1. The first-order chi connectivity index (χ1) is 7.74. The minimum Gasteiger partial charge on any atom is -0.353 e. The second-order valence-corrected chi connectivity index (χ2v) is 4.49. The van der Waals surface area contributed by atoms with E-state index in [2.05, 4.69) is 30.0 Å². The average molecular weight is 213 g/mol. The van der Waals surface area contributed by atoms with Crippen LogP contribution in [-0.4, -0.2) is 24.1 Å². The van der Waals surface area contributed by atoms with Crippen molar-refractivity contribution in [3.05, 3.63) is 35.9 Å². The van der Waals surface area contributed by atoms with E-state index in [1.54, 1.807) is 0 Å². The summed E-state index contributed by atoms with van der Waals surface area (Å²) < 4.78 is 0. The first-order valence-electron chi connectivity index (χ1n) is 5.61. The van der Waals surface area contributed by atoms with Gasteiger partial charge < -0.3 is 10.6 Å². The molecule has 0 unspecified atom stereocenters. The van der Waals surface area contributed by atoms with E-state index < -0.39 is 0 Å². The third-order valence-electron chi connectivity index (χ3n) is 3.10. The second kappa shape index (κ2) is 3.46. The Hall–Kier alpha value is -1.61. The van der Waals surface area contributed by atoms with E-state index in [4.69, 9.17) is 10.7 Å². The van der Waals surface area contributed by atoms with Gasteiger partial charge in [0.15, 0.2) is 0 Å². The van der Waals surface area contributed by atoms with Crippen LogP contribution in [0.2, 0.25) is 0 Å². The number of pyridine rings is 1. The van der Waals surface area contributed by atoms with Gasteiger partial charge in [-0.1, -0.05) is 18.2 Å². The molecule has 1 aromatic heterocycles. The fourth-order valence-electron chi connectivity index (χ4n) is 2.22. The van der Waals surface area contributed by atoms with Gasteiger partial charge in [-0.05, 0) is 24.6 Å². The van der Waals surface area contributed by atoms with Crippen LogP contribution in [0.1, 0.15) is 5.56 Å². The highest BCUT2D eigenvalue weighted by Crippen LogP contribution is 2.25. The smallest absolute Gasteiger partial charge is 0.132 e. The van der Waals surface area contributed by atoms with Crippen molar-refractivity contribution in [3.63, 3.8) is 0 Å². The summed E-state index contributed by atoms with van der Waals surface area (Å²) in [5, 5.41) is 1.20. The molecular weight excluding hydrogens is 198 g/mol. The van der Waals surface area contributed by atoms with Crippen molar-refractivity contribution in [2.24, 2.45) is 5.73 Å². The summed E-state index contributed by atoms with van der Waals surface area (Å²) in [6, 6.07) is 10.7. The van der Waals surface area contributed by atoms with Gasteiger partial charge in [-0.3, -0.25) is 0 Å². The van der Waals surface area contributed by atoms with E-state index in [0.717, 1.165) is 24.4 Å². The molecule has 82 valence electrons. The van der Waals surface area contributed by atoms with Crippen molar-refractivity contribution in [2.45, 2.75) is 13.0 Å². The first-order valence-corrected chi connectivity index (χ1v) is 5.61. The molecule has 0 amide bonds. The number of hydrogen-bond acceptors (Lipinski definition) is 3. The SMILES string of the molecule is Cc1cc2ccccc2nc1N1CC(N)C1. The predicted molar refractivity (Wildman–Crippen MR) is 66.7 cm³/mol. The molecule has 1 aliphatic rings. The molecule has 2 heterocycles. The van der Waals surface area contributed by atoms with Crippen LogP contribution in [0.3, 0.4) is 0 Å². The highest BCUT2D eigenvalue weighted by Gasteiger charge is 2.25. The Balaban J connectivity index is 2.08. The summed E-state index contributed by atoms with van der Waals surface area (Å²) in [5.74, 6) is 1.08. The molecule has 0 saturated carbocycles. The Morgan fingerprint density at radius 1 is 1.31 bits per heavy atom. The maximum Gasteiger partial charge on any atom is 0.132 e. The third-order valence-corrected chi connectivity index (χ3v) is 3.10. The van der Waals surface area contributed by atoms with Gasteiger partial charge in [0.05, 0.1) is 5.52 Å². The zero-order chi connectivity index (χ0) is 11.1. The number of rotatable bonds is 1. The number of fused-ring (bicyclic) bond motifs is 1. The Morgan fingerprint density at radius 2 is 2.06 bits per heavy atom. The zero-order valence-corrected chi connectivity index (χ0v) is 9.35. The van der Waals surface area contributed by atoms with E-state index in [0.29, 0.717) is 6.04 Å². The fraction of sp³-hybridized carbons (Fsp3) is 0.308. The number of aryl methyl sites for hydroxylation is 1. The van der Waals surface area contributed by atoms with Crippen LogP contribution in [0.4, 0.5) is 5.82 Å². The number of aromatic nitrogens is 1. The lowest BCUT2D eigenvalue weighted by Crippen LogP contribution is -2.56.